The van der Waals surface area contributed by atoms with E-state index in [-0.39, 0.29) is 29.4 Å². The number of anilines is 3. The molecule has 1 aromatic carbocycles. The van der Waals surface area contributed by atoms with Gasteiger partial charge in [0.2, 0.25) is 0 Å². The van der Waals surface area contributed by atoms with Crippen LogP contribution in [-0.4, -0.2) is 35.1 Å². The Morgan fingerprint density at radius 2 is 2.12 bits per heavy atom. The molecule has 4 N–H and O–H groups in total. The number of aryl methyl sites for hydroxylation is 1. The molecule has 0 bridgehead atoms. The van der Waals surface area contributed by atoms with Crippen LogP contribution in [0.4, 0.5) is 26.5 Å². The number of hydrogen-bond acceptors (Lipinski definition) is 6. The minimum absolute atomic E-state index is 0.0754. The van der Waals surface area contributed by atoms with Gasteiger partial charge in [0.25, 0.3) is 0 Å². The highest BCUT2D eigenvalue weighted by Gasteiger charge is 2.27. The van der Waals surface area contributed by atoms with Gasteiger partial charge in [0.1, 0.15) is 11.9 Å². The summed E-state index contributed by atoms with van der Waals surface area (Å²) in [6.45, 7) is 3.00. The number of urea groups is 1. The maximum atomic E-state index is 12.9. The van der Waals surface area contributed by atoms with E-state index in [9.17, 15) is 9.18 Å². The van der Waals surface area contributed by atoms with Crippen molar-refractivity contribution < 1.29 is 9.18 Å². The fourth-order valence-electron chi connectivity index (χ4n) is 2.86. The van der Waals surface area contributed by atoms with Crippen LogP contribution in [0.1, 0.15) is 17.8 Å². The zero-order valence-corrected chi connectivity index (χ0v) is 14.2. The van der Waals surface area contributed by atoms with Crippen LogP contribution in [-0.2, 0) is 0 Å². The smallest absolute Gasteiger partial charge is 0.319 e. The zero-order chi connectivity index (χ0) is 18.7. The number of benzene rings is 1. The van der Waals surface area contributed by atoms with Crippen molar-refractivity contribution in [2.24, 2.45) is 0 Å². The summed E-state index contributed by atoms with van der Waals surface area (Å²) in [5.74, 6) is 0.351. The molecule has 8 nitrogen and oxygen atoms in total. The van der Waals surface area contributed by atoms with E-state index in [1.54, 1.807) is 6.92 Å². The van der Waals surface area contributed by atoms with Crippen molar-refractivity contribution in [2.75, 3.05) is 29.0 Å². The van der Waals surface area contributed by atoms with Crippen LogP contribution < -0.4 is 21.3 Å². The van der Waals surface area contributed by atoms with Gasteiger partial charge in [0.05, 0.1) is 5.69 Å². The van der Waals surface area contributed by atoms with Crippen molar-refractivity contribution in [3.63, 3.8) is 0 Å². The Morgan fingerprint density at radius 3 is 2.81 bits per heavy atom. The molecule has 26 heavy (non-hydrogen) atoms. The number of nitrogens with zero attached hydrogens (tertiary/aromatic N) is 4. The number of rotatable bonds is 3. The van der Waals surface area contributed by atoms with Crippen LogP contribution in [0.3, 0.4) is 0 Å². The number of halogens is 1. The molecule has 2 amide bonds. The van der Waals surface area contributed by atoms with E-state index >= 15 is 0 Å². The molecule has 3 rings (SSSR count). The zero-order valence-electron chi connectivity index (χ0n) is 14.2. The average Bonchev–Trinajstić information content (AvgIpc) is 3.06. The molecule has 0 radical (unpaired) electrons. The molecule has 1 aromatic heterocycles. The molecule has 1 fully saturated rings. The van der Waals surface area contributed by atoms with E-state index in [0.717, 1.165) is 6.42 Å². The van der Waals surface area contributed by atoms with Gasteiger partial charge >= 0.3 is 6.03 Å². The highest BCUT2D eigenvalue weighted by molar-refractivity contribution is 5.89. The van der Waals surface area contributed by atoms with Gasteiger partial charge in [0.15, 0.2) is 17.3 Å². The predicted octanol–water partition coefficient (Wildman–Crippen LogP) is 1.78. The van der Waals surface area contributed by atoms with E-state index in [1.807, 2.05) is 11.0 Å². The lowest BCUT2D eigenvalue weighted by Gasteiger charge is -2.20. The van der Waals surface area contributed by atoms with Gasteiger partial charge in [-0.25, -0.2) is 19.2 Å². The number of carbonyl (C=O) groups excluding carboxylic acids is 1. The maximum absolute atomic E-state index is 12.9. The normalized spacial score (nSPS) is 16.2. The maximum Gasteiger partial charge on any atom is 0.319 e. The molecule has 1 saturated heterocycles. The number of amides is 2. The van der Waals surface area contributed by atoms with Crippen molar-refractivity contribution in [3.05, 3.63) is 41.5 Å². The summed E-state index contributed by atoms with van der Waals surface area (Å²) in [6.07, 6.45) is 0.734. The number of aromatic nitrogens is 2. The number of nitriles is 1. The van der Waals surface area contributed by atoms with Crippen molar-refractivity contribution >= 4 is 23.4 Å². The predicted molar refractivity (Wildman–Crippen MR) is 95.1 cm³/mol. The van der Waals surface area contributed by atoms with E-state index in [1.165, 1.54) is 24.3 Å². The van der Waals surface area contributed by atoms with Crippen molar-refractivity contribution in [1.82, 2.24) is 15.3 Å². The quantitative estimate of drug-likeness (QED) is 0.772. The first-order valence-electron chi connectivity index (χ1n) is 8.08. The van der Waals surface area contributed by atoms with Gasteiger partial charge in [-0.2, -0.15) is 5.26 Å². The third-order valence-corrected chi connectivity index (χ3v) is 4.10. The lowest BCUT2D eigenvalue weighted by molar-refractivity contribution is 0.249. The highest BCUT2D eigenvalue weighted by atomic mass is 19.1. The van der Waals surface area contributed by atoms with Crippen LogP contribution in [0.25, 0.3) is 0 Å². The Balaban J connectivity index is 1.60. The molecule has 0 saturated carbocycles. The number of nitrogens with two attached hydrogens (primary N) is 1. The SMILES string of the molecule is Cc1nc(C#N)c(N)nc1N1CC[C@@H](NC(=O)Nc2ccc(F)cc2)C1. The number of nitrogens with one attached hydrogen (secondary N) is 2. The Hall–Kier alpha value is -3.41. The Kier molecular flexibility index (Phi) is 4.84. The lowest BCUT2D eigenvalue weighted by Crippen LogP contribution is -2.40. The van der Waals surface area contributed by atoms with E-state index in [4.69, 9.17) is 11.0 Å². The van der Waals surface area contributed by atoms with Crippen molar-refractivity contribution in [3.8, 4) is 6.07 Å². The monoisotopic (exact) mass is 355 g/mol. The number of nitrogen functional groups attached to an aromatic ring is 1. The fraction of sp³-hybridized carbons (Fsp3) is 0.294. The molecule has 0 unspecified atom stereocenters. The Morgan fingerprint density at radius 1 is 1.38 bits per heavy atom. The molecule has 2 heterocycles. The molecular formula is C17H18FN7O. The van der Waals surface area contributed by atoms with Gasteiger partial charge in [0, 0.05) is 24.8 Å². The average molecular weight is 355 g/mol. The topological polar surface area (TPSA) is 120 Å². The van der Waals surface area contributed by atoms with Crippen LogP contribution in [0.2, 0.25) is 0 Å². The lowest BCUT2D eigenvalue weighted by atomic mass is 10.2. The van der Waals surface area contributed by atoms with Crippen LogP contribution in [0.5, 0.6) is 0 Å². The molecular weight excluding hydrogens is 337 g/mol. The second kappa shape index (κ2) is 7.23. The van der Waals surface area contributed by atoms with E-state index in [0.29, 0.717) is 30.3 Å². The first-order valence-corrected chi connectivity index (χ1v) is 8.08. The largest absolute Gasteiger partial charge is 0.381 e. The summed E-state index contributed by atoms with van der Waals surface area (Å²) in [5.41, 5.74) is 6.99. The molecule has 1 aliphatic rings. The molecule has 1 aliphatic heterocycles. The Bertz CT molecular complexity index is 863. The summed E-state index contributed by atoms with van der Waals surface area (Å²) < 4.78 is 12.9. The van der Waals surface area contributed by atoms with Crippen molar-refractivity contribution in [1.29, 1.82) is 5.26 Å². The summed E-state index contributed by atoms with van der Waals surface area (Å²) in [5, 5.41) is 14.5. The summed E-state index contributed by atoms with van der Waals surface area (Å²) >= 11 is 0. The van der Waals surface area contributed by atoms with Crippen LogP contribution in [0, 0.1) is 24.1 Å². The minimum Gasteiger partial charge on any atom is -0.381 e. The molecule has 134 valence electrons. The third kappa shape index (κ3) is 3.80. The third-order valence-electron chi connectivity index (χ3n) is 4.10. The van der Waals surface area contributed by atoms with Gasteiger partial charge in [-0.15, -0.1) is 0 Å². The molecule has 0 spiro atoms. The first-order chi connectivity index (χ1) is 12.5. The minimum atomic E-state index is -0.361. The van der Waals surface area contributed by atoms with Gasteiger partial charge < -0.3 is 21.3 Å². The van der Waals surface area contributed by atoms with Gasteiger partial charge in [-0.05, 0) is 37.6 Å². The van der Waals surface area contributed by atoms with E-state index < -0.39 is 0 Å². The number of carbonyl (C=O) groups is 1. The second-order valence-corrected chi connectivity index (χ2v) is 6.02. The summed E-state index contributed by atoms with van der Waals surface area (Å²) in [4.78, 5) is 22.5. The number of hydrogen-bond donors (Lipinski definition) is 3. The van der Waals surface area contributed by atoms with Crippen molar-refractivity contribution in [2.45, 2.75) is 19.4 Å². The second-order valence-electron chi connectivity index (χ2n) is 6.02. The van der Waals surface area contributed by atoms with E-state index in [2.05, 4.69) is 20.6 Å². The first kappa shape index (κ1) is 17.4. The van der Waals surface area contributed by atoms with Gasteiger partial charge in [-0.3, -0.25) is 0 Å². The molecule has 1 atom stereocenters. The molecule has 9 heteroatoms. The molecule has 0 aliphatic carbocycles. The van der Waals surface area contributed by atoms with Crippen LogP contribution >= 0.6 is 0 Å². The van der Waals surface area contributed by atoms with Crippen LogP contribution in [0.15, 0.2) is 24.3 Å². The summed E-state index contributed by atoms with van der Waals surface area (Å²) in [7, 11) is 0. The Labute approximate surface area is 149 Å². The van der Waals surface area contributed by atoms with Gasteiger partial charge in [-0.1, -0.05) is 0 Å². The summed E-state index contributed by atoms with van der Waals surface area (Å²) in [6, 6.07) is 7.03. The highest BCUT2D eigenvalue weighted by Crippen LogP contribution is 2.23. The standard InChI is InChI=1S/C17H18FN7O/c1-10-16(24-15(20)14(8-19)21-10)25-7-6-13(9-25)23-17(26)22-12-4-2-11(18)3-5-12/h2-5,13H,6-7,9H2,1H3,(H2,20,24)(H2,22,23,26)/t13-/m1/s1. The fourth-order valence-corrected chi connectivity index (χ4v) is 2.86. The molecule has 2 aromatic rings.